The van der Waals surface area contributed by atoms with Gasteiger partial charge in [0.2, 0.25) is 5.79 Å². The van der Waals surface area contributed by atoms with Gasteiger partial charge in [-0.3, -0.25) is 0 Å². The molecule has 7 nitrogen and oxygen atoms in total. The molecule has 0 spiro atoms. The highest BCUT2D eigenvalue weighted by molar-refractivity contribution is 6.30. The zero-order valence-corrected chi connectivity index (χ0v) is 18.4. The third kappa shape index (κ3) is 4.27. The van der Waals surface area contributed by atoms with E-state index in [9.17, 15) is 0 Å². The molecule has 3 heterocycles. The summed E-state index contributed by atoms with van der Waals surface area (Å²) in [7, 11) is 0. The fraction of sp³-hybridized carbons (Fsp3) is 0.250. The summed E-state index contributed by atoms with van der Waals surface area (Å²) in [5.41, 5.74) is 2.98. The lowest BCUT2D eigenvalue weighted by molar-refractivity contribution is -0.189. The van der Waals surface area contributed by atoms with Gasteiger partial charge in [0, 0.05) is 41.1 Å². The van der Waals surface area contributed by atoms with E-state index in [0.29, 0.717) is 24.8 Å². The molecule has 2 aromatic carbocycles. The van der Waals surface area contributed by atoms with Crippen molar-refractivity contribution < 1.29 is 14.2 Å². The molecule has 0 amide bonds. The maximum Gasteiger partial charge on any atom is 0.214 e. The van der Waals surface area contributed by atoms with Crippen LogP contribution in [0.1, 0.15) is 11.1 Å². The third-order valence-corrected chi connectivity index (χ3v) is 5.72. The summed E-state index contributed by atoms with van der Waals surface area (Å²) in [5.74, 6) is -0.165. The molecular weight excluding hydrogens is 428 g/mol. The molecule has 0 bridgehead atoms. The maximum absolute atomic E-state index is 6.48. The summed E-state index contributed by atoms with van der Waals surface area (Å²) in [6, 6.07) is 13.6. The summed E-state index contributed by atoms with van der Waals surface area (Å²) < 4.78 is 22.7. The van der Waals surface area contributed by atoms with Gasteiger partial charge in [-0.15, -0.1) is 0 Å². The summed E-state index contributed by atoms with van der Waals surface area (Å²) >= 11 is 6.18. The van der Waals surface area contributed by atoms with Gasteiger partial charge in [0.05, 0.1) is 25.8 Å². The van der Waals surface area contributed by atoms with Gasteiger partial charge in [0.15, 0.2) is 0 Å². The Kier molecular flexibility index (Phi) is 5.70. The summed E-state index contributed by atoms with van der Waals surface area (Å²) in [5, 5.41) is 0.682. The number of rotatable bonds is 7. The molecule has 4 aromatic rings. The van der Waals surface area contributed by atoms with Gasteiger partial charge >= 0.3 is 0 Å². The van der Waals surface area contributed by atoms with Crippen molar-refractivity contribution >= 4 is 11.6 Å². The van der Waals surface area contributed by atoms with Gasteiger partial charge in [-0.2, -0.15) is 0 Å². The molecule has 1 aliphatic rings. The Morgan fingerprint density at radius 3 is 2.62 bits per heavy atom. The summed E-state index contributed by atoms with van der Waals surface area (Å²) in [6.07, 6.45) is 10.6. The van der Waals surface area contributed by atoms with Gasteiger partial charge in [-0.25, -0.2) is 9.97 Å². The topological polar surface area (TPSA) is 63.3 Å². The van der Waals surface area contributed by atoms with Crippen molar-refractivity contribution in [3.8, 4) is 11.4 Å². The monoisotopic (exact) mass is 450 g/mol. The van der Waals surface area contributed by atoms with Crippen molar-refractivity contribution in [3.63, 3.8) is 0 Å². The van der Waals surface area contributed by atoms with Crippen LogP contribution in [0, 0.1) is 6.92 Å². The van der Waals surface area contributed by atoms with Gasteiger partial charge in [0.25, 0.3) is 0 Å². The second-order valence-electron chi connectivity index (χ2n) is 7.77. The van der Waals surface area contributed by atoms with Crippen molar-refractivity contribution in [3.05, 3.63) is 96.1 Å². The summed E-state index contributed by atoms with van der Waals surface area (Å²) in [4.78, 5) is 8.22. The first kappa shape index (κ1) is 20.8. The number of ether oxygens (including phenoxy) is 3. The Morgan fingerprint density at radius 1 is 1.09 bits per heavy atom. The molecule has 0 aliphatic carbocycles. The fourth-order valence-electron chi connectivity index (χ4n) is 3.95. The Bertz CT molecular complexity index is 1160. The highest BCUT2D eigenvalue weighted by Crippen LogP contribution is 2.38. The Morgan fingerprint density at radius 2 is 1.91 bits per heavy atom. The molecule has 2 unspecified atom stereocenters. The van der Waals surface area contributed by atoms with E-state index in [1.54, 1.807) is 25.0 Å². The van der Waals surface area contributed by atoms with E-state index in [2.05, 4.69) is 9.97 Å². The Balaban J connectivity index is 1.30. The Labute approximate surface area is 191 Å². The van der Waals surface area contributed by atoms with E-state index >= 15 is 0 Å². The number of hydrogen-bond donors (Lipinski definition) is 0. The molecule has 0 N–H and O–H groups in total. The van der Waals surface area contributed by atoms with Crippen molar-refractivity contribution in [2.24, 2.45) is 0 Å². The van der Waals surface area contributed by atoms with Crippen LogP contribution in [0.25, 0.3) is 5.69 Å². The molecule has 1 saturated heterocycles. The van der Waals surface area contributed by atoms with Gasteiger partial charge < -0.3 is 23.3 Å². The molecular formula is C24H23ClN4O3. The molecule has 0 radical (unpaired) electrons. The van der Waals surface area contributed by atoms with Crippen LogP contribution >= 0.6 is 11.6 Å². The number of benzene rings is 2. The van der Waals surface area contributed by atoms with E-state index in [0.717, 1.165) is 22.6 Å². The molecule has 164 valence electrons. The van der Waals surface area contributed by atoms with Crippen LogP contribution in [0.3, 0.4) is 0 Å². The smallest absolute Gasteiger partial charge is 0.214 e. The van der Waals surface area contributed by atoms with E-state index in [4.69, 9.17) is 25.8 Å². The van der Waals surface area contributed by atoms with Crippen LogP contribution in [0.15, 0.2) is 79.9 Å². The second kappa shape index (κ2) is 8.78. The number of halogens is 1. The van der Waals surface area contributed by atoms with Gasteiger partial charge in [-0.05, 0) is 48.9 Å². The first-order valence-electron chi connectivity index (χ1n) is 10.4. The van der Waals surface area contributed by atoms with Crippen molar-refractivity contribution in [2.45, 2.75) is 25.4 Å². The van der Waals surface area contributed by atoms with E-state index in [1.165, 1.54) is 0 Å². The first-order valence-corrected chi connectivity index (χ1v) is 10.7. The maximum atomic E-state index is 6.48. The lowest BCUT2D eigenvalue weighted by Crippen LogP contribution is -2.35. The van der Waals surface area contributed by atoms with Gasteiger partial charge in [-0.1, -0.05) is 17.7 Å². The van der Waals surface area contributed by atoms with Crippen LogP contribution in [0.5, 0.6) is 5.75 Å². The molecule has 8 heteroatoms. The number of imidazole rings is 2. The highest BCUT2D eigenvalue weighted by atomic mass is 35.5. The van der Waals surface area contributed by atoms with Crippen LogP contribution in [-0.4, -0.2) is 38.4 Å². The predicted octanol–water partition coefficient (Wildman–Crippen LogP) is 4.38. The average molecular weight is 451 g/mol. The number of nitrogens with zero attached hydrogens (tertiary/aromatic N) is 4. The molecule has 5 rings (SSSR count). The normalized spacial score (nSPS) is 20.5. The molecule has 1 fully saturated rings. The minimum atomic E-state index is -0.936. The van der Waals surface area contributed by atoms with Crippen molar-refractivity contribution in [2.75, 3.05) is 13.2 Å². The van der Waals surface area contributed by atoms with E-state index < -0.39 is 5.79 Å². The molecule has 2 atom stereocenters. The highest BCUT2D eigenvalue weighted by Gasteiger charge is 2.44. The van der Waals surface area contributed by atoms with Crippen LogP contribution in [-0.2, 0) is 21.8 Å². The van der Waals surface area contributed by atoms with E-state index in [-0.39, 0.29) is 6.10 Å². The summed E-state index contributed by atoms with van der Waals surface area (Å²) in [6.45, 7) is 3.29. The molecule has 1 aliphatic heterocycles. The quantitative estimate of drug-likeness (QED) is 0.418. The van der Waals surface area contributed by atoms with Crippen molar-refractivity contribution in [1.82, 2.24) is 19.1 Å². The zero-order valence-electron chi connectivity index (χ0n) is 17.6. The lowest BCUT2D eigenvalue weighted by Gasteiger charge is -2.30. The number of aromatic nitrogens is 4. The third-order valence-electron chi connectivity index (χ3n) is 5.48. The Hall–Kier alpha value is -3.13. The van der Waals surface area contributed by atoms with Crippen LogP contribution in [0.4, 0.5) is 0 Å². The van der Waals surface area contributed by atoms with Crippen molar-refractivity contribution in [1.29, 1.82) is 0 Å². The largest absolute Gasteiger partial charge is 0.491 e. The number of aryl methyl sites for hydroxylation is 1. The second-order valence-corrected chi connectivity index (χ2v) is 8.21. The minimum Gasteiger partial charge on any atom is -0.491 e. The lowest BCUT2D eigenvalue weighted by atomic mass is 10.00. The minimum absolute atomic E-state index is 0.220. The molecule has 32 heavy (non-hydrogen) atoms. The van der Waals surface area contributed by atoms with E-state index in [1.807, 2.05) is 70.9 Å². The SMILES string of the molecule is Cc1cc(Cl)ccc1C1(Cn2ccnc2)OCC(COc2ccc(-n3ccnc3)cc2)O1. The standard InChI is InChI=1S/C24H23ClN4O3/c1-18-12-19(25)2-7-23(18)24(15-28-10-8-26-16-28)31-14-22(32-24)13-30-21-5-3-20(4-6-21)29-11-9-27-17-29/h2-12,16-17,22H,13-15H2,1H3. The van der Waals surface area contributed by atoms with Gasteiger partial charge in [0.1, 0.15) is 18.5 Å². The fourth-order valence-corrected chi connectivity index (χ4v) is 4.17. The zero-order chi connectivity index (χ0) is 22.0. The van der Waals surface area contributed by atoms with Crippen LogP contribution < -0.4 is 4.74 Å². The average Bonchev–Trinajstić information content (AvgIpc) is 3.56. The predicted molar refractivity (Wildman–Crippen MR) is 120 cm³/mol. The van der Waals surface area contributed by atoms with Crippen LogP contribution in [0.2, 0.25) is 5.02 Å². The number of hydrogen-bond acceptors (Lipinski definition) is 5. The molecule has 2 aromatic heterocycles. The molecule has 0 saturated carbocycles. The first-order chi connectivity index (χ1) is 15.6.